The number of ether oxygens (including phenoxy) is 1. The number of carbonyl (C=O) groups is 3. The van der Waals surface area contributed by atoms with E-state index in [0.29, 0.717) is 41.3 Å². The van der Waals surface area contributed by atoms with Gasteiger partial charge in [-0.05, 0) is 60.1 Å². The van der Waals surface area contributed by atoms with Gasteiger partial charge in [-0.2, -0.15) is 5.10 Å². The summed E-state index contributed by atoms with van der Waals surface area (Å²) < 4.78 is 6.90. The number of anilines is 2. The van der Waals surface area contributed by atoms with E-state index in [-0.39, 0.29) is 43.8 Å². The molecule has 0 unspecified atom stereocenters. The summed E-state index contributed by atoms with van der Waals surface area (Å²) >= 11 is 6.60. The summed E-state index contributed by atoms with van der Waals surface area (Å²) in [4.78, 5) is 57.1. The van der Waals surface area contributed by atoms with Crippen molar-refractivity contribution in [2.75, 3.05) is 23.1 Å². The van der Waals surface area contributed by atoms with Gasteiger partial charge in [0.25, 0.3) is 5.91 Å². The lowest BCUT2D eigenvalue weighted by Gasteiger charge is -2.32. The van der Waals surface area contributed by atoms with Crippen molar-refractivity contribution < 1.29 is 29.0 Å². The van der Waals surface area contributed by atoms with Crippen molar-refractivity contribution in [3.63, 3.8) is 0 Å². The summed E-state index contributed by atoms with van der Waals surface area (Å²) in [7, 11) is -3.06. The fraction of sp³-hybridized carbons (Fsp3) is 0.333. The topological polar surface area (TPSA) is 123 Å². The lowest BCUT2D eigenvalue weighted by Crippen LogP contribution is -2.46. The first kappa shape index (κ1) is 37.7. The molecule has 10 nitrogen and oxygen atoms in total. The van der Waals surface area contributed by atoms with Crippen molar-refractivity contribution in [3.05, 3.63) is 130 Å². The second-order valence-corrected chi connectivity index (χ2v) is 19.3. The van der Waals surface area contributed by atoms with Crippen LogP contribution in [0.25, 0.3) is 0 Å². The maximum Gasteiger partial charge on any atom is 0.264 e. The third kappa shape index (κ3) is 7.14. The largest absolute Gasteiger partial charge is 0.432 e. The normalized spacial score (nSPS) is 22.5. The van der Waals surface area contributed by atoms with Gasteiger partial charge < -0.3 is 24.4 Å². The first-order valence-corrected chi connectivity index (χ1v) is 21.8. The van der Waals surface area contributed by atoms with Gasteiger partial charge >= 0.3 is 0 Å². The van der Waals surface area contributed by atoms with Gasteiger partial charge in [0.15, 0.2) is 13.9 Å². The average Bonchev–Trinajstić information content (AvgIpc) is 3.58. The van der Waals surface area contributed by atoms with Gasteiger partial charge in [-0.3, -0.25) is 14.4 Å². The van der Waals surface area contributed by atoms with Crippen LogP contribution in [-0.2, 0) is 37.8 Å². The van der Waals surface area contributed by atoms with Crippen LogP contribution < -0.4 is 9.91 Å². The molecule has 1 spiro atoms. The van der Waals surface area contributed by atoms with E-state index < -0.39 is 31.5 Å². The zero-order valence-corrected chi connectivity index (χ0v) is 32.4. The minimum atomic E-state index is -3.06. The Kier molecular flexibility index (Phi) is 10.6. The predicted octanol–water partition coefficient (Wildman–Crippen LogP) is 6.63. The fourth-order valence-electron chi connectivity index (χ4n) is 8.49. The van der Waals surface area contributed by atoms with E-state index in [2.05, 4.69) is 0 Å². The second kappa shape index (κ2) is 15.2. The van der Waals surface area contributed by atoms with Crippen LogP contribution in [0.2, 0.25) is 23.7 Å². The van der Waals surface area contributed by atoms with Crippen LogP contribution in [0.3, 0.4) is 0 Å². The number of fused-ring (bicyclic) bond motifs is 2. The van der Waals surface area contributed by atoms with Gasteiger partial charge in [-0.1, -0.05) is 91.3 Å². The molecule has 1 saturated heterocycles. The molecule has 0 radical (unpaired) electrons. The van der Waals surface area contributed by atoms with Crippen molar-refractivity contribution >= 4 is 54.7 Å². The molecule has 0 aromatic heterocycles. The molecule has 12 heteroatoms. The highest BCUT2D eigenvalue weighted by atomic mass is 35.5. The molecule has 2 N–H and O–H groups in total. The summed E-state index contributed by atoms with van der Waals surface area (Å²) in [5.41, 5.74) is 3.35. The average molecular weight is 765 g/mol. The highest BCUT2D eigenvalue weighted by Gasteiger charge is 2.66. The number of nitrogens with zero attached hydrogens (tertiary/aromatic N) is 4. The number of hydrogen-bond acceptors (Lipinski definition) is 7. The van der Waals surface area contributed by atoms with E-state index in [4.69, 9.17) is 21.4 Å². The van der Waals surface area contributed by atoms with E-state index in [1.54, 1.807) is 21.9 Å². The summed E-state index contributed by atoms with van der Waals surface area (Å²) in [6.45, 7) is 5.97. The fourth-order valence-corrected chi connectivity index (χ4v) is 11.2. The van der Waals surface area contributed by atoms with Crippen LogP contribution >= 0.6 is 11.6 Å². The Morgan fingerprint density at radius 2 is 1.67 bits per heavy atom. The number of hydrogen-bond donors (Lipinski definition) is 2. The number of halogens is 1. The molecule has 4 atom stereocenters. The number of carbonyl (C=O) groups excluding carboxylic acids is 3. The molecule has 1 fully saturated rings. The molecule has 3 amide bonds. The quantitative estimate of drug-likeness (QED) is 0.166. The Bertz CT molecular complexity index is 2080. The van der Waals surface area contributed by atoms with Crippen molar-refractivity contribution in [1.29, 1.82) is 0 Å². The smallest absolute Gasteiger partial charge is 0.264 e. The minimum absolute atomic E-state index is 0.0683. The zero-order valence-electron chi connectivity index (χ0n) is 30.7. The van der Waals surface area contributed by atoms with Crippen LogP contribution in [-0.4, -0.2) is 65.8 Å². The van der Waals surface area contributed by atoms with Crippen molar-refractivity contribution in [2.24, 2.45) is 11.0 Å². The number of aliphatic hydroxyl groups is 1. The van der Waals surface area contributed by atoms with Crippen molar-refractivity contribution in [1.82, 2.24) is 4.90 Å². The summed E-state index contributed by atoms with van der Waals surface area (Å²) in [6.07, 6.45) is 0.0423. The molecular formula is C42H45ClN4O6Si. The molecular weight excluding hydrogens is 720 g/mol. The first-order valence-electron chi connectivity index (χ1n) is 18.4. The van der Waals surface area contributed by atoms with Crippen LogP contribution in [0.5, 0.6) is 0 Å². The summed E-state index contributed by atoms with van der Waals surface area (Å²) in [5.74, 6) is -1.15. The van der Waals surface area contributed by atoms with Crippen LogP contribution in [0.15, 0.2) is 108 Å². The standard InChI is InChI=1S/C42H45ClN4O6Si/c1-28-40(54(2,3)52)37(25-39(50)45(21-22-48)26-29-11-6-4-7-12-29)53-42(28)34-24-32(43)17-19-36(34)46(41(42)51)27-30-13-10-16-33(23-30)47-38(49)20-18-35(44-47)31-14-8-5-9-15-31/h4-17,19,23-24,28,37,40,48,52H,18,20-22,25-27H2,1-3H3/t28-,37+,40-,42+/m0/s1. The van der Waals surface area contributed by atoms with Crippen LogP contribution in [0.1, 0.15) is 48.4 Å². The van der Waals surface area contributed by atoms with Gasteiger partial charge in [0.1, 0.15) is 0 Å². The van der Waals surface area contributed by atoms with Crippen molar-refractivity contribution in [3.8, 4) is 0 Å². The Labute approximate surface area is 321 Å². The van der Waals surface area contributed by atoms with Crippen LogP contribution in [0.4, 0.5) is 11.4 Å². The van der Waals surface area contributed by atoms with Crippen LogP contribution in [0, 0.1) is 5.92 Å². The maximum atomic E-state index is 15.0. The number of rotatable bonds is 11. The van der Waals surface area contributed by atoms with E-state index in [9.17, 15) is 19.5 Å². The van der Waals surface area contributed by atoms with E-state index >= 15 is 4.79 Å². The Balaban J connectivity index is 1.20. The number of amides is 3. The maximum absolute atomic E-state index is 15.0. The molecule has 3 heterocycles. The van der Waals surface area contributed by atoms with Gasteiger partial charge in [0.05, 0.1) is 42.8 Å². The Morgan fingerprint density at radius 3 is 2.37 bits per heavy atom. The molecule has 0 bridgehead atoms. The number of aliphatic hydroxyl groups excluding tert-OH is 1. The second-order valence-electron chi connectivity index (χ2n) is 14.9. The highest BCUT2D eigenvalue weighted by molar-refractivity contribution is 6.71. The molecule has 3 aliphatic rings. The number of benzene rings is 4. The molecule has 7 rings (SSSR count). The molecule has 4 aromatic carbocycles. The van der Waals surface area contributed by atoms with E-state index in [1.807, 2.05) is 111 Å². The van der Waals surface area contributed by atoms with Gasteiger partial charge in [0.2, 0.25) is 11.8 Å². The summed E-state index contributed by atoms with van der Waals surface area (Å²) in [6, 6.07) is 32.1. The minimum Gasteiger partial charge on any atom is -0.432 e. The lowest BCUT2D eigenvalue weighted by molar-refractivity contribution is -0.150. The molecule has 4 aromatic rings. The van der Waals surface area contributed by atoms with Gasteiger partial charge in [-0.15, -0.1) is 0 Å². The summed E-state index contributed by atoms with van der Waals surface area (Å²) in [5, 5.41) is 16.5. The Hall–Kier alpha value is -4.65. The van der Waals surface area contributed by atoms with Gasteiger partial charge in [-0.25, -0.2) is 5.01 Å². The monoisotopic (exact) mass is 764 g/mol. The van der Waals surface area contributed by atoms with E-state index in [1.165, 1.54) is 5.01 Å². The molecule has 3 aliphatic heterocycles. The molecule has 0 aliphatic carbocycles. The SMILES string of the molecule is C[C@H]1[C@H]([Si](C)(C)O)[C@@H](CC(=O)N(CCO)Cc2ccccc2)O[C@]12C(=O)N(Cc1cccc(N3N=C(c4ccccc4)CCC3=O)c1)c1ccc(Cl)cc12. The highest BCUT2D eigenvalue weighted by Crippen LogP contribution is 2.60. The lowest BCUT2D eigenvalue weighted by atomic mass is 9.82. The zero-order chi connectivity index (χ0) is 38.2. The van der Waals surface area contributed by atoms with E-state index in [0.717, 1.165) is 22.4 Å². The van der Waals surface area contributed by atoms with Gasteiger partial charge in [0, 0.05) is 48.0 Å². The molecule has 280 valence electrons. The van der Waals surface area contributed by atoms with Crippen molar-refractivity contribution in [2.45, 2.75) is 69.6 Å². The predicted molar refractivity (Wildman–Crippen MR) is 212 cm³/mol. The third-order valence-electron chi connectivity index (χ3n) is 10.9. The Morgan fingerprint density at radius 1 is 0.963 bits per heavy atom. The first-order chi connectivity index (χ1) is 25.9. The number of hydrazone groups is 1. The molecule has 54 heavy (non-hydrogen) atoms. The molecule has 0 saturated carbocycles. The third-order valence-corrected chi connectivity index (χ3v) is 13.6.